The molecule has 0 aliphatic rings. The maximum atomic E-state index is 3.21. The Morgan fingerprint density at radius 2 is 1.13 bits per heavy atom. The first-order valence-electron chi connectivity index (χ1n) is 7.70. The minimum Gasteiger partial charge on any atom is -0.323 e. The molecule has 0 spiro atoms. The molecule has 5 aromatic rings. The molecule has 1 aromatic heterocycles. The first-order valence-corrected chi connectivity index (χ1v) is 7.70. The maximum absolute atomic E-state index is 3.21. The lowest BCUT2D eigenvalue weighted by Crippen LogP contribution is -1.87. The molecule has 0 unspecified atom stereocenters. The Balaban J connectivity index is 1.99. The molecule has 1 nitrogen and oxygen atoms in total. The quantitative estimate of drug-likeness (QED) is 0.357. The molecule has 2 radical (unpaired) electrons. The molecule has 0 atom stereocenters. The van der Waals surface area contributed by atoms with Crippen molar-refractivity contribution in [2.24, 2.45) is 0 Å². The molecule has 0 fully saturated rings. The van der Waals surface area contributed by atoms with Crippen LogP contribution in [0.4, 0.5) is 0 Å². The number of para-hydroxylation sites is 1. The van der Waals surface area contributed by atoms with E-state index in [1.165, 1.54) is 38.0 Å². The molecule has 5 rings (SSSR count). The molecule has 0 amide bonds. The van der Waals surface area contributed by atoms with Gasteiger partial charge in [-0.25, -0.2) is 0 Å². The Morgan fingerprint density at radius 3 is 1.70 bits per heavy atom. The zero-order valence-electron chi connectivity index (χ0n) is 12.5. The van der Waals surface area contributed by atoms with Crippen LogP contribution in [0.2, 0.25) is 0 Å². The predicted octanol–water partition coefficient (Wildman–Crippen LogP) is 5.54. The lowest BCUT2D eigenvalue weighted by Gasteiger charge is -2.05. The maximum Gasteiger partial charge on any atom is 0.0449 e. The number of fused-ring (bicyclic) bond motifs is 6. The number of hydrogen-bond acceptors (Lipinski definition) is 0. The summed E-state index contributed by atoms with van der Waals surface area (Å²) in [4.78, 5) is 0. The first-order chi connectivity index (χ1) is 11.4. The minimum absolute atomic E-state index is 1.18. The van der Waals surface area contributed by atoms with Gasteiger partial charge < -0.3 is 4.57 Å². The van der Waals surface area contributed by atoms with Crippen molar-refractivity contribution in [2.45, 2.75) is 0 Å². The van der Waals surface area contributed by atoms with Crippen molar-refractivity contribution in [1.29, 1.82) is 0 Å². The van der Waals surface area contributed by atoms with E-state index in [0.29, 0.717) is 0 Å². The highest BCUT2D eigenvalue weighted by atomic mass is 14.9. The van der Waals surface area contributed by atoms with Gasteiger partial charge in [0, 0.05) is 28.9 Å². The summed E-state index contributed by atoms with van der Waals surface area (Å²) >= 11 is 0. The molecule has 1 heterocycles. The first kappa shape index (κ1) is 12.5. The van der Waals surface area contributed by atoms with Crippen LogP contribution in [0.1, 0.15) is 0 Å². The fourth-order valence-electron chi connectivity index (χ4n) is 3.41. The van der Waals surface area contributed by atoms with Gasteiger partial charge in [-0.15, -0.1) is 0 Å². The summed E-state index contributed by atoms with van der Waals surface area (Å²) in [7, 11) is 0. The number of hydrogen-bond donors (Lipinski definition) is 0. The third-order valence-corrected chi connectivity index (χ3v) is 4.48. The van der Waals surface area contributed by atoms with E-state index in [9.17, 15) is 0 Å². The summed E-state index contributed by atoms with van der Waals surface area (Å²) in [5.41, 5.74) is 1.18. The molecule has 106 valence electrons. The largest absolute Gasteiger partial charge is 0.323 e. The fraction of sp³-hybridized carbons (Fsp3) is 0. The van der Waals surface area contributed by atoms with Crippen LogP contribution in [0, 0.1) is 12.1 Å². The van der Waals surface area contributed by atoms with E-state index in [1.807, 2.05) is 18.2 Å². The van der Waals surface area contributed by atoms with Gasteiger partial charge >= 0.3 is 0 Å². The number of rotatable bonds is 1. The Kier molecular flexibility index (Phi) is 2.56. The monoisotopic (exact) mass is 291 g/mol. The van der Waals surface area contributed by atoms with Crippen molar-refractivity contribution in [3.05, 3.63) is 91.3 Å². The van der Waals surface area contributed by atoms with E-state index in [1.54, 1.807) is 0 Å². The van der Waals surface area contributed by atoms with Gasteiger partial charge in [0.05, 0.1) is 0 Å². The molecule has 1 heteroatoms. The highest BCUT2D eigenvalue weighted by molar-refractivity contribution is 6.25. The lowest BCUT2D eigenvalue weighted by atomic mass is 9.97. The Labute approximate surface area is 134 Å². The normalized spacial score (nSPS) is 11.5. The van der Waals surface area contributed by atoms with Crippen LogP contribution in [-0.2, 0) is 0 Å². The Morgan fingerprint density at radius 1 is 0.565 bits per heavy atom. The third kappa shape index (κ3) is 1.80. The van der Waals surface area contributed by atoms with Gasteiger partial charge in [-0.3, -0.25) is 0 Å². The third-order valence-electron chi connectivity index (χ3n) is 4.48. The zero-order chi connectivity index (χ0) is 15.2. The highest BCUT2D eigenvalue weighted by Gasteiger charge is 2.10. The summed E-state index contributed by atoms with van der Waals surface area (Å²) in [6.07, 6.45) is 4.45. The minimum atomic E-state index is 1.18. The molecule has 0 saturated heterocycles. The summed E-state index contributed by atoms with van der Waals surface area (Å²) in [6.45, 7) is 0. The smallest absolute Gasteiger partial charge is 0.0449 e. The van der Waals surface area contributed by atoms with Crippen LogP contribution < -0.4 is 0 Å². The van der Waals surface area contributed by atoms with Gasteiger partial charge in [0.25, 0.3) is 0 Å². The summed E-state index contributed by atoms with van der Waals surface area (Å²) in [5, 5.41) is 7.55. The number of aromatic nitrogens is 1. The highest BCUT2D eigenvalue weighted by Crippen LogP contribution is 2.35. The Hall–Kier alpha value is -3.06. The second-order valence-corrected chi connectivity index (χ2v) is 5.77. The van der Waals surface area contributed by atoms with Crippen LogP contribution in [0.15, 0.2) is 79.1 Å². The molecule has 23 heavy (non-hydrogen) atoms. The predicted molar refractivity (Wildman–Crippen MR) is 96.0 cm³/mol. The van der Waals surface area contributed by atoms with Gasteiger partial charge in [-0.05, 0) is 57.9 Å². The summed E-state index contributed by atoms with van der Waals surface area (Å²) < 4.78 is 2.21. The van der Waals surface area contributed by atoms with Crippen molar-refractivity contribution in [1.82, 2.24) is 4.57 Å². The van der Waals surface area contributed by atoms with E-state index < -0.39 is 0 Å². The Bertz CT molecular complexity index is 1080. The second kappa shape index (κ2) is 4.72. The topological polar surface area (TPSA) is 4.93 Å². The average Bonchev–Trinajstić information content (AvgIpc) is 3.09. The van der Waals surface area contributed by atoms with Crippen molar-refractivity contribution in [2.75, 3.05) is 0 Å². The van der Waals surface area contributed by atoms with Gasteiger partial charge in [-0.1, -0.05) is 42.5 Å². The lowest BCUT2D eigenvalue weighted by molar-refractivity contribution is 1.09. The van der Waals surface area contributed by atoms with Crippen LogP contribution in [0.3, 0.4) is 0 Å². The summed E-state index contributed by atoms with van der Waals surface area (Å²) in [5.74, 6) is 0. The zero-order valence-corrected chi connectivity index (χ0v) is 12.5. The van der Waals surface area contributed by atoms with Gasteiger partial charge in [0.1, 0.15) is 0 Å². The number of nitrogens with zero attached hydrogens (tertiary/aromatic N) is 1. The van der Waals surface area contributed by atoms with Gasteiger partial charge in [-0.2, -0.15) is 0 Å². The van der Waals surface area contributed by atoms with Crippen LogP contribution in [-0.4, -0.2) is 4.57 Å². The van der Waals surface area contributed by atoms with Crippen molar-refractivity contribution in [3.8, 4) is 5.69 Å². The van der Waals surface area contributed by atoms with E-state index >= 15 is 0 Å². The van der Waals surface area contributed by atoms with E-state index in [4.69, 9.17) is 0 Å². The molecule has 0 aliphatic heterocycles. The molecular formula is C22H13N. The molecule has 4 aromatic carbocycles. The molecule has 0 aliphatic carbocycles. The van der Waals surface area contributed by atoms with Crippen LogP contribution in [0.5, 0.6) is 0 Å². The molecule has 0 bridgehead atoms. The molecule has 0 saturated carbocycles. The fourth-order valence-corrected chi connectivity index (χ4v) is 3.41. The van der Waals surface area contributed by atoms with E-state index in [0.717, 1.165) is 0 Å². The average molecular weight is 291 g/mol. The molecular weight excluding hydrogens is 278 g/mol. The van der Waals surface area contributed by atoms with Crippen molar-refractivity contribution >= 4 is 32.3 Å². The second-order valence-electron chi connectivity index (χ2n) is 5.77. The van der Waals surface area contributed by atoms with Gasteiger partial charge in [0.2, 0.25) is 0 Å². The van der Waals surface area contributed by atoms with E-state index in [-0.39, 0.29) is 0 Å². The SMILES string of the molecule is [c]1ccc2c(c1)c1c[c]ccc1c1cn(-c3ccccc3)cc21. The van der Waals surface area contributed by atoms with Gasteiger partial charge in [0.15, 0.2) is 0 Å². The van der Waals surface area contributed by atoms with Crippen molar-refractivity contribution < 1.29 is 0 Å². The number of benzene rings is 4. The van der Waals surface area contributed by atoms with Crippen LogP contribution in [0.25, 0.3) is 38.0 Å². The molecule has 0 N–H and O–H groups in total. The van der Waals surface area contributed by atoms with Crippen LogP contribution >= 0.6 is 0 Å². The summed E-state index contributed by atoms with van der Waals surface area (Å²) in [6, 6.07) is 29.3. The van der Waals surface area contributed by atoms with E-state index in [2.05, 4.69) is 77.6 Å². The standard InChI is InChI=1S/C22H13N/c1-2-8-16(9-3-1)23-14-21-19-12-6-4-10-17(19)18-11-5-7-13-20(18)22(21)15-23/h1-3,6-15H. The van der Waals surface area contributed by atoms with Crippen molar-refractivity contribution in [3.63, 3.8) is 0 Å².